The Balaban J connectivity index is 1.59. The maximum atomic E-state index is 12.7. The van der Waals surface area contributed by atoms with E-state index >= 15 is 0 Å². The van der Waals surface area contributed by atoms with Crippen LogP contribution in [0.25, 0.3) is 21.9 Å². The van der Waals surface area contributed by atoms with Gasteiger partial charge in [-0.15, -0.1) is 0 Å². The quantitative estimate of drug-likeness (QED) is 0.579. The predicted molar refractivity (Wildman–Crippen MR) is 105 cm³/mol. The Kier molecular flexibility index (Phi) is 4.44. The third kappa shape index (κ3) is 3.27. The SMILES string of the molecule is CN(Cc1nc2ccccc2c(=O)[nH]1)C(=O)Cn1c(=O)cnc2ccccc21. The lowest BCUT2D eigenvalue weighted by molar-refractivity contribution is -0.131. The number of para-hydroxylation sites is 3. The number of fused-ring (bicyclic) bond motifs is 2. The number of aromatic amines is 1. The van der Waals surface area contributed by atoms with Crippen LogP contribution >= 0.6 is 0 Å². The van der Waals surface area contributed by atoms with Crippen LogP contribution in [0.5, 0.6) is 0 Å². The monoisotopic (exact) mass is 375 g/mol. The van der Waals surface area contributed by atoms with Crippen molar-refractivity contribution in [2.45, 2.75) is 13.1 Å². The zero-order valence-corrected chi connectivity index (χ0v) is 15.1. The van der Waals surface area contributed by atoms with E-state index in [4.69, 9.17) is 0 Å². The smallest absolute Gasteiger partial charge is 0.269 e. The molecule has 8 nitrogen and oxygen atoms in total. The van der Waals surface area contributed by atoms with Gasteiger partial charge in [-0.05, 0) is 24.3 Å². The third-order valence-electron chi connectivity index (χ3n) is 4.52. The molecule has 0 aliphatic carbocycles. The number of H-pyrrole nitrogens is 1. The maximum Gasteiger partial charge on any atom is 0.269 e. The van der Waals surface area contributed by atoms with E-state index in [1.165, 1.54) is 15.7 Å². The van der Waals surface area contributed by atoms with Crippen LogP contribution in [0.15, 0.2) is 64.3 Å². The van der Waals surface area contributed by atoms with E-state index < -0.39 is 0 Å². The van der Waals surface area contributed by atoms with Gasteiger partial charge in [0.2, 0.25) is 5.91 Å². The minimum absolute atomic E-state index is 0.122. The summed E-state index contributed by atoms with van der Waals surface area (Å²) < 4.78 is 1.39. The van der Waals surface area contributed by atoms with E-state index in [1.807, 2.05) is 6.07 Å². The Morgan fingerprint density at radius 1 is 1.07 bits per heavy atom. The van der Waals surface area contributed by atoms with E-state index in [1.54, 1.807) is 49.5 Å². The van der Waals surface area contributed by atoms with E-state index in [-0.39, 0.29) is 30.1 Å². The average Bonchev–Trinajstić information content (AvgIpc) is 2.70. The van der Waals surface area contributed by atoms with Crippen molar-refractivity contribution in [3.8, 4) is 0 Å². The molecule has 0 atom stereocenters. The van der Waals surface area contributed by atoms with Crippen molar-refractivity contribution in [2.24, 2.45) is 0 Å². The molecule has 0 bridgehead atoms. The van der Waals surface area contributed by atoms with Crippen LogP contribution in [0.1, 0.15) is 5.82 Å². The minimum atomic E-state index is -0.349. The Morgan fingerprint density at radius 3 is 2.61 bits per heavy atom. The molecular weight excluding hydrogens is 358 g/mol. The summed E-state index contributed by atoms with van der Waals surface area (Å²) in [4.78, 5) is 49.7. The van der Waals surface area contributed by atoms with Crippen LogP contribution in [0.2, 0.25) is 0 Å². The molecule has 4 rings (SSSR count). The zero-order chi connectivity index (χ0) is 19.7. The van der Waals surface area contributed by atoms with Gasteiger partial charge in [0.15, 0.2) is 0 Å². The standard InChI is InChI=1S/C20H17N5O3/c1-24(11-17-22-14-7-3-2-6-13(14)20(28)23-17)19(27)12-25-16-9-5-4-8-15(16)21-10-18(25)26/h2-10H,11-12H2,1H3,(H,22,23,28). The molecule has 4 aromatic rings. The number of likely N-dealkylation sites (N-methyl/N-ethyl adjacent to an activating group) is 1. The van der Waals surface area contributed by atoms with Crippen LogP contribution < -0.4 is 11.1 Å². The summed E-state index contributed by atoms with van der Waals surface area (Å²) in [5.41, 5.74) is 1.20. The second-order valence-corrected chi connectivity index (χ2v) is 6.45. The van der Waals surface area contributed by atoms with Crippen molar-refractivity contribution in [3.63, 3.8) is 0 Å². The Morgan fingerprint density at radius 2 is 1.79 bits per heavy atom. The van der Waals surface area contributed by atoms with Gasteiger partial charge in [-0.25, -0.2) is 9.97 Å². The van der Waals surface area contributed by atoms with Crippen molar-refractivity contribution in [1.82, 2.24) is 24.4 Å². The summed E-state index contributed by atoms with van der Waals surface area (Å²) in [7, 11) is 1.60. The summed E-state index contributed by atoms with van der Waals surface area (Å²) in [6, 6.07) is 14.2. The normalized spacial score (nSPS) is 11.0. The van der Waals surface area contributed by atoms with Gasteiger partial charge in [0.25, 0.3) is 11.1 Å². The van der Waals surface area contributed by atoms with Crippen LogP contribution in [0, 0.1) is 0 Å². The molecule has 28 heavy (non-hydrogen) atoms. The fraction of sp³-hybridized carbons (Fsp3) is 0.150. The highest BCUT2D eigenvalue weighted by atomic mass is 16.2. The van der Waals surface area contributed by atoms with Crippen molar-refractivity contribution < 1.29 is 4.79 Å². The molecule has 0 spiro atoms. The summed E-state index contributed by atoms with van der Waals surface area (Å²) in [5.74, 6) is 0.0979. The lowest BCUT2D eigenvalue weighted by atomic mass is 10.2. The van der Waals surface area contributed by atoms with Crippen LogP contribution in [0.4, 0.5) is 0 Å². The number of rotatable bonds is 4. The maximum absolute atomic E-state index is 12.7. The van der Waals surface area contributed by atoms with E-state index in [0.717, 1.165) is 0 Å². The van der Waals surface area contributed by atoms with Crippen LogP contribution in [0.3, 0.4) is 0 Å². The second-order valence-electron chi connectivity index (χ2n) is 6.45. The highest BCUT2D eigenvalue weighted by molar-refractivity contribution is 5.80. The molecule has 2 heterocycles. The highest BCUT2D eigenvalue weighted by Crippen LogP contribution is 2.10. The fourth-order valence-electron chi connectivity index (χ4n) is 3.06. The Labute approximate surface area is 159 Å². The van der Waals surface area contributed by atoms with Crippen LogP contribution in [-0.4, -0.2) is 37.4 Å². The first-order valence-electron chi connectivity index (χ1n) is 8.69. The molecule has 2 aromatic carbocycles. The summed E-state index contributed by atoms with van der Waals surface area (Å²) in [6.45, 7) is -0.00709. The molecule has 0 radical (unpaired) electrons. The van der Waals surface area contributed by atoms with Gasteiger partial charge in [-0.2, -0.15) is 0 Å². The van der Waals surface area contributed by atoms with Gasteiger partial charge in [0.05, 0.1) is 34.7 Å². The number of nitrogens with zero attached hydrogens (tertiary/aromatic N) is 4. The third-order valence-corrected chi connectivity index (χ3v) is 4.52. The average molecular weight is 375 g/mol. The number of hydrogen-bond acceptors (Lipinski definition) is 5. The van der Waals surface area contributed by atoms with Crippen molar-refractivity contribution in [2.75, 3.05) is 7.05 Å². The van der Waals surface area contributed by atoms with Crippen molar-refractivity contribution in [3.05, 3.63) is 81.3 Å². The number of carbonyl (C=O) groups is 1. The topological polar surface area (TPSA) is 101 Å². The molecule has 0 aliphatic heterocycles. The molecule has 0 saturated heterocycles. The number of carbonyl (C=O) groups excluding carboxylic acids is 1. The fourth-order valence-corrected chi connectivity index (χ4v) is 3.06. The molecule has 0 saturated carbocycles. The Hall–Kier alpha value is -3.81. The second kappa shape index (κ2) is 7.07. The van der Waals surface area contributed by atoms with Gasteiger partial charge in [-0.3, -0.25) is 19.0 Å². The van der Waals surface area contributed by atoms with Gasteiger partial charge in [0, 0.05) is 7.05 Å². The van der Waals surface area contributed by atoms with E-state index in [0.29, 0.717) is 27.8 Å². The number of amides is 1. The molecule has 2 aromatic heterocycles. The van der Waals surface area contributed by atoms with Crippen molar-refractivity contribution in [1.29, 1.82) is 0 Å². The summed E-state index contributed by atoms with van der Waals surface area (Å²) in [5, 5.41) is 0.495. The Bertz CT molecular complexity index is 1310. The largest absolute Gasteiger partial charge is 0.337 e. The minimum Gasteiger partial charge on any atom is -0.337 e. The van der Waals surface area contributed by atoms with E-state index in [9.17, 15) is 14.4 Å². The molecular formula is C20H17N5O3. The molecule has 0 fully saturated rings. The molecule has 8 heteroatoms. The van der Waals surface area contributed by atoms with Crippen LogP contribution in [-0.2, 0) is 17.9 Å². The first kappa shape index (κ1) is 17.6. The van der Waals surface area contributed by atoms with Gasteiger partial charge in [-0.1, -0.05) is 24.3 Å². The van der Waals surface area contributed by atoms with Gasteiger partial charge >= 0.3 is 0 Å². The zero-order valence-electron chi connectivity index (χ0n) is 15.1. The summed E-state index contributed by atoms with van der Waals surface area (Å²) in [6.07, 6.45) is 1.21. The molecule has 1 N–H and O–H groups in total. The number of hydrogen-bond donors (Lipinski definition) is 1. The van der Waals surface area contributed by atoms with Gasteiger partial charge < -0.3 is 9.88 Å². The molecule has 140 valence electrons. The molecule has 1 amide bonds. The number of aromatic nitrogens is 4. The summed E-state index contributed by atoms with van der Waals surface area (Å²) >= 11 is 0. The lowest BCUT2D eigenvalue weighted by Crippen LogP contribution is -2.34. The number of nitrogens with one attached hydrogen (secondary N) is 1. The predicted octanol–water partition coefficient (Wildman–Crippen LogP) is 1.29. The first-order chi connectivity index (χ1) is 13.5. The lowest BCUT2D eigenvalue weighted by Gasteiger charge is -2.18. The first-order valence-corrected chi connectivity index (χ1v) is 8.69. The van der Waals surface area contributed by atoms with Gasteiger partial charge in [0.1, 0.15) is 12.4 Å². The molecule has 0 aliphatic rings. The van der Waals surface area contributed by atoms with E-state index in [2.05, 4.69) is 15.0 Å². The molecule has 0 unspecified atom stereocenters. The van der Waals surface area contributed by atoms with Crippen molar-refractivity contribution >= 4 is 27.8 Å². The number of benzene rings is 2. The highest BCUT2D eigenvalue weighted by Gasteiger charge is 2.15.